The van der Waals surface area contributed by atoms with Gasteiger partial charge in [-0.15, -0.1) is 52.6 Å². The second kappa shape index (κ2) is 21.2. The zero-order valence-electron chi connectivity index (χ0n) is 50.5. The number of allylic oxidation sites excluding steroid dienone is 2. The number of aromatic nitrogens is 2. The van der Waals surface area contributed by atoms with Gasteiger partial charge in [0.05, 0.1) is 6.04 Å². The molecule has 14 rings (SSSR count). The maximum Gasteiger partial charge on any atom is 2.00 e. The molecule has 1 aliphatic carbocycles. The van der Waals surface area contributed by atoms with E-state index in [0.717, 1.165) is 44.9 Å². The average molecular weight is 1320 g/mol. The molecule has 0 saturated heterocycles. The molecule has 85 heavy (non-hydrogen) atoms. The molecule has 0 amide bonds. The van der Waals surface area contributed by atoms with E-state index in [2.05, 4.69) is 288 Å². The molecule has 2 atom stereocenters. The van der Waals surface area contributed by atoms with Crippen LogP contribution < -0.4 is 4.90 Å². The number of para-hydroxylation sites is 1. The molecule has 0 spiro atoms. The molecule has 1 aliphatic heterocycles. The summed E-state index contributed by atoms with van der Waals surface area (Å²) in [4.78, 5) is 15.9. The van der Waals surface area contributed by atoms with Crippen LogP contribution in [0.4, 0.5) is 11.4 Å². The van der Waals surface area contributed by atoms with Crippen molar-refractivity contribution in [3.63, 3.8) is 0 Å². The molecule has 6 heteroatoms. The van der Waals surface area contributed by atoms with Gasteiger partial charge in [-0.25, -0.2) is 0 Å². The van der Waals surface area contributed by atoms with Crippen LogP contribution in [0.5, 0.6) is 0 Å². The number of nitrogens with zero attached hydrogens (tertiary/aromatic N) is 3. The normalized spacial score (nSPS) is 15.1. The van der Waals surface area contributed by atoms with E-state index >= 15 is 0 Å². The van der Waals surface area contributed by atoms with Crippen molar-refractivity contribution in [3.8, 4) is 55.9 Å². The van der Waals surface area contributed by atoms with Crippen molar-refractivity contribution in [1.29, 1.82) is 0 Å². The third kappa shape index (κ3) is 9.48. The van der Waals surface area contributed by atoms with Gasteiger partial charge in [0.15, 0.2) is 0 Å². The van der Waals surface area contributed by atoms with Crippen molar-refractivity contribution < 1.29 is 21.1 Å². The Morgan fingerprint density at radius 2 is 1.18 bits per heavy atom. The fourth-order valence-corrected chi connectivity index (χ4v) is 16.2. The van der Waals surface area contributed by atoms with E-state index in [1.807, 2.05) is 22.7 Å². The second-order valence-electron chi connectivity index (χ2n) is 26.1. The number of anilines is 2. The first kappa shape index (κ1) is 56.6. The van der Waals surface area contributed by atoms with E-state index in [9.17, 15) is 0 Å². The Bertz CT molecular complexity index is 4670. The van der Waals surface area contributed by atoms with Gasteiger partial charge in [0.25, 0.3) is 0 Å². The fourth-order valence-electron chi connectivity index (χ4n) is 13.7. The number of hydrogen-bond acceptors (Lipinski definition) is 5. The molecule has 0 bridgehead atoms. The van der Waals surface area contributed by atoms with Crippen LogP contribution in [0, 0.1) is 39.8 Å². The average Bonchev–Trinajstić information content (AvgIpc) is 3.00. The van der Waals surface area contributed by atoms with Crippen molar-refractivity contribution in [2.75, 3.05) is 4.90 Å². The van der Waals surface area contributed by atoms with E-state index in [1.54, 1.807) is 0 Å². The van der Waals surface area contributed by atoms with Crippen molar-refractivity contribution in [2.24, 2.45) is 0 Å². The van der Waals surface area contributed by atoms with Crippen LogP contribution in [-0.2, 0) is 37.3 Å². The van der Waals surface area contributed by atoms with E-state index in [1.165, 1.54) is 113 Å². The molecule has 0 radical (unpaired) electrons. The summed E-state index contributed by atoms with van der Waals surface area (Å²) in [7, 11) is 0. The fraction of sp³-hybridized carbons (Fsp3) is 0.215. The molecule has 8 aromatic carbocycles. The van der Waals surface area contributed by atoms with Gasteiger partial charge in [-0.2, -0.15) is 11.3 Å². The minimum atomic E-state index is -0.717. The van der Waals surface area contributed by atoms with Crippen LogP contribution in [0.3, 0.4) is 0 Å². The molecule has 0 N–H and O–H groups in total. The summed E-state index contributed by atoms with van der Waals surface area (Å²) < 4.78 is 3.64. The smallest absolute Gasteiger partial charge is 0.352 e. The van der Waals surface area contributed by atoms with Crippen LogP contribution in [0.2, 0.25) is 0 Å². The van der Waals surface area contributed by atoms with Gasteiger partial charge < -0.3 is 9.88 Å². The van der Waals surface area contributed by atoms with Crippen LogP contribution in [0.1, 0.15) is 111 Å². The van der Waals surface area contributed by atoms with Gasteiger partial charge in [-0.05, 0) is 177 Å². The molecule has 2 unspecified atom stereocenters. The Kier molecular flexibility index (Phi) is 14.1. The zero-order chi connectivity index (χ0) is 58.1. The minimum absolute atomic E-state index is 0. The predicted molar refractivity (Wildman–Crippen MR) is 361 cm³/mol. The van der Waals surface area contributed by atoms with Crippen molar-refractivity contribution in [2.45, 2.75) is 111 Å². The van der Waals surface area contributed by atoms with E-state index in [0.29, 0.717) is 0 Å². The number of rotatable bonds is 8. The summed E-state index contributed by atoms with van der Waals surface area (Å²) in [6.07, 6.45) is 9.13. The van der Waals surface area contributed by atoms with Gasteiger partial charge in [-0.3, -0.25) is 4.98 Å². The number of aryl methyl sites for hydroxylation is 4. The molecular weight excluding hydrogens is 1250 g/mol. The van der Waals surface area contributed by atoms with Gasteiger partial charge >= 0.3 is 21.1 Å². The topological polar surface area (TPSA) is 29.0 Å². The maximum atomic E-state index is 6.09. The number of thiophene rings is 2. The van der Waals surface area contributed by atoms with Crippen LogP contribution in [0.25, 0.3) is 96.9 Å². The number of hydrogen-bond donors (Lipinski definition) is 0. The standard InChI is InChI=1S/C79H69N3S2.Pt/c1-46-25-23-26-47(2)68(46)52-39-48(3)69(49(4)40-52)53-42-62(57-34-24-36-64-71(57)58-33-21-22-35-63(58)82(64)55-30-17-14-18-31-55)80-66(43-53)79(11,12)67-45-60-59-44-54(77(5,6)7)37-38-65(59)83-75(60)73(81-67)61-41-51-29-19-20-32-56(51)72-70(50-27-15-13-16-28-50)76(78(8,9)10)84-74(61)72;/h13-33,35-40,42-45,58,63H,1-12H3;/q-2;+2. The first-order valence-electron chi connectivity index (χ1n) is 29.6. The van der Waals surface area contributed by atoms with Crippen LogP contribution in [0.15, 0.2) is 188 Å². The van der Waals surface area contributed by atoms with Crippen molar-refractivity contribution >= 4 is 75.1 Å². The van der Waals surface area contributed by atoms with Crippen LogP contribution >= 0.6 is 22.7 Å². The second-order valence-corrected chi connectivity index (χ2v) is 28.2. The molecule has 0 fully saturated rings. The van der Waals surface area contributed by atoms with Gasteiger partial charge in [0, 0.05) is 47.8 Å². The quantitative estimate of drug-likeness (QED) is 0.142. The predicted octanol–water partition coefficient (Wildman–Crippen LogP) is 22.0. The third-order valence-electron chi connectivity index (χ3n) is 17.9. The van der Waals surface area contributed by atoms with Crippen molar-refractivity contribution in [1.82, 2.24) is 9.97 Å². The van der Waals surface area contributed by atoms with Crippen LogP contribution in [-0.4, -0.2) is 16.0 Å². The summed E-state index contributed by atoms with van der Waals surface area (Å²) >= 11 is 3.77. The molecule has 5 heterocycles. The number of benzene rings is 8. The zero-order valence-corrected chi connectivity index (χ0v) is 54.4. The summed E-state index contributed by atoms with van der Waals surface area (Å²) in [6.45, 7) is 27.7. The van der Waals surface area contributed by atoms with Crippen molar-refractivity contribution in [3.05, 3.63) is 250 Å². The first-order valence-corrected chi connectivity index (χ1v) is 31.3. The number of fused-ring (bicyclic) bond motifs is 9. The minimum Gasteiger partial charge on any atom is -0.352 e. The molecule has 3 nitrogen and oxygen atoms in total. The van der Waals surface area contributed by atoms with Gasteiger partial charge in [0.2, 0.25) is 0 Å². The molecule has 422 valence electrons. The van der Waals surface area contributed by atoms with E-state index < -0.39 is 5.41 Å². The Morgan fingerprint density at radius 3 is 1.89 bits per heavy atom. The molecule has 12 aromatic rings. The summed E-state index contributed by atoms with van der Waals surface area (Å²) in [5.74, 6) is 0.102. The SMILES string of the molecule is Cc1cccc(C)c1-c1cc(C)c(-c2cc(-c3[c-]ccc4c3C3C=CC=CC3N4c3ccccc3)nc(C(C)(C)c3cc4c(sc5ccc(C(C)(C)C)cc54)c(-c4[c-]c5ccccc5c5c(-c6ccccc6)c(C(C)(C)C)sc45)n3)c2)c(C)c1.[Pt+2]. The maximum absolute atomic E-state index is 6.09. The van der Waals surface area contributed by atoms with Gasteiger partial charge in [0.1, 0.15) is 0 Å². The Labute approximate surface area is 524 Å². The molecule has 4 aromatic heterocycles. The summed E-state index contributed by atoms with van der Waals surface area (Å²) in [5.41, 5.74) is 22.3. The molecule has 0 saturated carbocycles. The molecule has 2 aliphatic rings. The largest absolute Gasteiger partial charge is 2.00 e. The third-order valence-corrected chi connectivity index (χ3v) is 20.7. The Hall–Kier alpha value is -7.53. The summed E-state index contributed by atoms with van der Waals surface area (Å²) in [6, 6.07) is 68.8. The van der Waals surface area contributed by atoms with E-state index in [-0.39, 0.29) is 43.9 Å². The molecular formula is C79H69N3PtS2. The number of pyridine rings is 2. The monoisotopic (exact) mass is 1320 g/mol. The first-order chi connectivity index (χ1) is 40.3. The summed E-state index contributed by atoms with van der Waals surface area (Å²) in [5, 5.41) is 6.04. The van der Waals surface area contributed by atoms with Gasteiger partial charge in [-0.1, -0.05) is 197 Å². The Balaban J connectivity index is 0.00000672. The van der Waals surface area contributed by atoms with E-state index in [4.69, 9.17) is 9.97 Å². The Morgan fingerprint density at radius 1 is 0.518 bits per heavy atom.